The molecule has 0 fully saturated rings. The number of hydrogen-bond acceptors (Lipinski definition) is 16. The predicted octanol–water partition coefficient (Wildman–Crippen LogP) is 28.5. The second-order valence-corrected chi connectivity index (χ2v) is 39.1. The number of phenolic OH excluding ortho intramolecular Hbond substituents is 2. The van der Waals surface area contributed by atoms with Gasteiger partial charge in [-0.2, -0.15) is 0 Å². The van der Waals surface area contributed by atoms with Crippen LogP contribution in [0.1, 0.15) is 91.6 Å². The Kier molecular flexibility index (Phi) is 55.1. The number of nitrogens with zero attached hydrogens (tertiary/aromatic N) is 2. The number of hydrogen-bond donors (Lipinski definition) is 8. The number of rotatable bonds is 19. The van der Waals surface area contributed by atoms with E-state index in [0.29, 0.717) is 97.8 Å². The number of nitrogen functional groups attached to an aromatic ring is 1. The van der Waals surface area contributed by atoms with Crippen molar-refractivity contribution in [3.05, 3.63) is 431 Å². The molecule has 14 aromatic rings. The molecule has 2 aliphatic rings. The van der Waals surface area contributed by atoms with E-state index in [2.05, 4.69) is 123 Å². The predicted molar refractivity (Wildman–Crippen MR) is 605 cm³/mol. The van der Waals surface area contributed by atoms with Gasteiger partial charge >= 0.3 is 47.5 Å². The molecule has 1 amide bonds. The Bertz CT molecular complexity index is 6440. The number of Topliss-reactive ketones (excluding diaryl/α,β-unsaturated/α-hetero) is 1. The molecule has 14 aromatic carbocycles. The minimum absolute atomic E-state index is 0. The first kappa shape index (κ1) is 122. The van der Waals surface area contributed by atoms with Crippen molar-refractivity contribution in [3.8, 4) is 28.7 Å². The normalized spacial score (nSPS) is 11.3. The zero-order chi connectivity index (χ0) is 99.2. The number of fused-ring (bicyclic) bond motifs is 2. The molecular weight excluding hydrogens is 2580 g/mol. The molecule has 12 N–H and O–H groups in total. The number of halogens is 16. The average molecular weight is 2660 g/mol. The number of ketones is 1. The van der Waals surface area contributed by atoms with Crippen molar-refractivity contribution >= 4 is 305 Å². The summed E-state index contributed by atoms with van der Waals surface area (Å²) in [7, 11) is 1.66. The van der Waals surface area contributed by atoms with Crippen molar-refractivity contribution in [1.29, 1.82) is 5.41 Å². The molecule has 2 heterocycles. The fourth-order valence-corrected chi connectivity index (χ4v) is 16.8. The number of aliphatic carboxylic acids is 2. The van der Waals surface area contributed by atoms with Crippen LogP contribution in [0.3, 0.4) is 0 Å². The van der Waals surface area contributed by atoms with Crippen LogP contribution in [0.2, 0.25) is 55.2 Å². The maximum Gasteiger partial charge on any atom is 1.00 e. The standard InChI is InChI=1S/C21H14Cl2INO.C14H10Cl2INO.2C14H9Cl2IO2.C14H13NO.C8H6ClIO2.C8H8ClNO2.C8H6ClNO.C2H6.H3N.Na.H2O/c22-15-7-9-18(24)14(10-15)11-19-17-8-6-16(23)12-20(17)26-21(25-19)13-4-2-1-3-5-13;2*15-9-2-4-12(17)8(5-9)6-13(18)11-3-1-10(16)7-14(11)19;15-10-2-1-3-12(8-10)19-14(18)7-9-6-11(16)4-5-13(9)17;1-16-14-9-7-13(8-10-14)15-11-12-5-3-2-4-6-12;2*9-6-1-2-7(10)5(3-6)4-8(11)12;9-6-1-2-7-5(3-6)4-8(11)10-7;1-2;;;/h1-10,12,21H,11H2;1-5,7,18-19H,6H2;1-5,7,19H,6H2;1-6,8H,7H2;2-11H,1H3;1-3H,4H2,(H,11,12);1-3H,4,10H2,(H,11,12);1-3H,4H2,(H,10,11);1-2H3;1H3;;1H2/q;;;;;;;;;;+1;/p-1. The second kappa shape index (κ2) is 62.8. The van der Waals surface area contributed by atoms with Crippen molar-refractivity contribution in [1.82, 2.24) is 6.15 Å². The fourth-order valence-electron chi connectivity index (χ4n) is 12.2. The van der Waals surface area contributed by atoms with E-state index >= 15 is 0 Å². The van der Waals surface area contributed by atoms with E-state index in [-0.39, 0.29) is 108 Å². The van der Waals surface area contributed by atoms with Crippen LogP contribution in [0, 0.1) is 23.3 Å². The van der Waals surface area contributed by atoms with Gasteiger partial charge in [0.05, 0.1) is 49.8 Å². The largest absolute Gasteiger partial charge is 1.00 e. The number of carboxylic acids is 2. The summed E-state index contributed by atoms with van der Waals surface area (Å²) < 4.78 is 21.5. The number of nitrogens with one attached hydrogen (secondary N) is 2. The van der Waals surface area contributed by atoms with Gasteiger partial charge in [-0.1, -0.05) is 208 Å². The summed E-state index contributed by atoms with van der Waals surface area (Å²) in [5.74, 6) is -0.260. The quantitative estimate of drug-likeness (QED) is 0.00709. The van der Waals surface area contributed by atoms with E-state index in [0.717, 1.165) is 102 Å². The molecule has 16 rings (SSSR count). The Morgan fingerprint density at radius 1 is 0.475 bits per heavy atom. The van der Waals surface area contributed by atoms with E-state index < -0.39 is 11.9 Å². The van der Waals surface area contributed by atoms with Gasteiger partial charge in [0.25, 0.3) is 0 Å². The molecule has 0 aliphatic carbocycles. The first-order chi connectivity index (χ1) is 64.9. The van der Waals surface area contributed by atoms with Crippen molar-refractivity contribution in [2.45, 2.75) is 65.0 Å². The fraction of sp³-hybridized carbons (Fsp3) is 0.107. The summed E-state index contributed by atoms with van der Waals surface area (Å²) in [4.78, 5) is 64.8. The zero-order valence-corrected chi connectivity index (χ0v) is 95.1. The summed E-state index contributed by atoms with van der Waals surface area (Å²) in [5, 5.41) is 53.7. The number of carboxylic acid groups (broad SMARTS) is 2. The monoisotopic (exact) mass is 2660 g/mol. The SMILES string of the molecule is CC.COc1ccc(N=Cc2ccccc2)cc1.Clc1ccc(I)c(CC2=NC(c3ccccc3)Oc3cc(Cl)ccc32)c1.N.N=C(Cc1cc(Cl)ccc1I)c1ccc(Cl)cc1O.Nc1ccc(Cl)cc1CC(=O)O.O=C(Cc1cc(Cl)ccc1I)Oc1cccc(Cl)c1.O=C(Cc1cc(Cl)ccc1I)c1ccc(Cl)cc1O.O=C(O)Cc1cc(Cl)ccc1I.O=C1Cc2cc(Cl)ccc2N1.[Na+].[OH-]. The number of carbonyl (C=O) groups excluding carboxylic acids is 3. The Morgan fingerprint density at radius 3 is 1.40 bits per heavy atom. The molecule has 1 unspecified atom stereocenters. The van der Waals surface area contributed by atoms with Gasteiger partial charge in [-0.3, -0.25) is 29.0 Å². The Balaban J connectivity index is 0.000000282. The molecule has 36 heteroatoms. The van der Waals surface area contributed by atoms with Crippen molar-refractivity contribution < 1.29 is 93.6 Å². The molecule has 2 aliphatic heterocycles. The first-order valence-electron chi connectivity index (χ1n) is 40.5. The maximum absolute atomic E-state index is 12.2. The molecule has 0 bridgehead atoms. The van der Waals surface area contributed by atoms with Crippen LogP contribution in [-0.4, -0.2) is 80.2 Å². The van der Waals surface area contributed by atoms with E-state index in [9.17, 15) is 34.2 Å². The van der Waals surface area contributed by atoms with Crippen molar-refractivity contribution in [2.75, 3.05) is 18.2 Å². The number of anilines is 2. The summed E-state index contributed by atoms with van der Waals surface area (Å²) in [5.41, 5.74) is 19.0. The Labute approximate surface area is 951 Å². The molecule has 19 nitrogen and oxygen atoms in total. The van der Waals surface area contributed by atoms with E-state index in [1.165, 1.54) is 18.2 Å². The number of benzene rings is 14. The van der Waals surface area contributed by atoms with Gasteiger partial charge in [0.15, 0.2) is 5.78 Å². The molecule has 0 spiro atoms. The van der Waals surface area contributed by atoms with Crippen molar-refractivity contribution in [2.24, 2.45) is 9.98 Å². The molecule has 0 aromatic heterocycles. The van der Waals surface area contributed by atoms with Gasteiger partial charge in [-0.15, -0.1) is 0 Å². The molecule has 1 atom stereocenters. The van der Waals surface area contributed by atoms with Crippen LogP contribution in [0.15, 0.2) is 301 Å². The van der Waals surface area contributed by atoms with Crippen LogP contribution < -0.4 is 61.0 Å². The number of esters is 1. The molecule has 0 saturated carbocycles. The van der Waals surface area contributed by atoms with E-state index in [1.54, 1.807) is 116 Å². The van der Waals surface area contributed by atoms with Gasteiger partial charge in [-0.05, 0) is 382 Å². The van der Waals surface area contributed by atoms with E-state index in [4.69, 9.17) is 168 Å². The summed E-state index contributed by atoms with van der Waals surface area (Å²) in [6.07, 6.45) is 3.31. The van der Waals surface area contributed by atoms with Gasteiger partial charge < -0.3 is 62.7 Å². The van der Waals surface area contributed by atoms with Crippen LogP contribution in [-0.2, 0) is 64.1 Å². The van der Waals surface area contributed by atoms with Gasteiger partial charge in [-0.25, -0.2) is 4.99 Å². The smallest absolute Gasteiger partial charge is 0.870 e. The van der Waals surface area contributed by atoms with Crippen LogP contribution in [0.4, 0.5) is 17.1 Å². The number of aromatic hydroxyl groups is 2. The van der Waals surface area contributed by atoms with Crippen LogP contribution >= 0.6 is 241 Å². The molecule has 0 radical (unpaired) electrons. The van der Waals surface area contributed by atoms with Gasteiger partial charge in [0.1, 0.15) is 28.7 Å². The maximum atomic E-state index is 12.2. The summed E-state index contributed by atoms with van der Waals surface area (Å²) in [6, 6.07) is 87.0. The summed E-state index contributed by atoms with van der Waals surface area (Å²) in [6.45, 7) is 4.00. The second-order valence-electron chi connectivity index (χ2n) is 28.5. The van der Waals surface area contributed by atoms with E-state index in [1.807, 2.05) is 184 Å². The van der Waals surface area contributed by atoms with Crippen LogP contribution in [0.25, 0.3) is 0 Å². The third-order valence-corrected chi connectivity index (χ3v) is 26.4. The third-order valence-electron chi connectivity index (χ3n) is 18.6. The number of aliphatic imine (C=N–C) groups is 2. The first-order valence-corrected chi connectivity index (χ1v) is 50.1. The minimum Gasteiger partial charge on any atom is -0.870 e. The van der Waals surface area contributed by atoms with Crippen molar-refractivity contribution in [3.63, 3.8) is 0 Å². The number of amides is 1. The number of methoxy groups -OCH3 is 1. The topological polar surface area (TPSA) is 346 Å². The average Bonchev–Trinajstić information content (AvgIpc) is 1.26. The number of ether oxygens (including phenoxy) is 3. The molecule has 0 saturated heterocycles. The van der Waals surface area contributed by atoms with Gasteiger partial charge in [0, 0.05) is 132 Å². The molecular formula is C103H85Cl11I5N6NaO13. The number of carbonyl (C=O) groups is 5. The summed E-state index contributed by atoms with van der Waals surface area (Å²) >= 11 is 75.5. The van der Waals surface area contributed by atoms with Crippen LogP contribution in [0.5, 0.6) is 28.7 Å². The van der Waals surface area contributed by atoms with Gasteiger partial charge in [0.2, 0.25) is 12.1 Å². The zero-order valence-electron chi connectivity index (χ0n) is 74.0. The Hall–Kier alpha value is -7.60. The molecule has 139 heavy (non-hydrogen) atoms. The minimum atomic E-state index is -0.913. The third kappa shape index (κ3) is 42.3. The Morgan fingerprint density at radius 2 is 0.892 bits per heavy atom. The number of nitrogens with two attached hydrogens (primary N) is 1. The number of phenols is 2. The molecule has 718 valence electrons.